The Morgan fingerprint density at radius 3 is 1.91 bits per heavy atom. The Bertz CT molecular complexity index is 2770. The Balaban J connectivity index is 1.05. The molecule has 0 aliphatic carbocycles. The third kappa shape index (κ3) is 4.16. The summed E-state index contributed by atoms with van der Waals surface area (Å²) in [4.78, 5) is 5.20. The summed E-state index contributed by atoms with van der Waals surface area (Å²) < 4.78 is 9.79. The van der Waals surface area contributed by atoms with E-state index in [2.05, 4.69) is 156 Å². The fourth-order valence-electron chi connectivity index (χ4n) is 7.00. The topological polar surface area (TPSA) is 31.0 Å². The van der Waals surface area contributed by atoms with E-state index in [4.69, 9.17) is 9.40 Å². The zero-order valence-electron chi connectivity index (χ0n) is 25.2. The summed E-state index contributed by atoms with van der Waals surface area (Å²) in [6, 6.07) is 56.0. The first-order valence-corrected chi connectivity index (χ1v) is 16.6. The zero-order valence-corrected chi connectivity index (χ0v) is 26.0. The molecule has 0 aliphatic rings. The number of para-hydroxylation sites is 2. The summed E-state index contributed by atoms with van der Waals surface area (Å²) in [5, 5.41) is 5.70. The number of nitrogens with zero attached hydrogens (tertiary/aromatic N) is 2. The minimum atomic E-state index is 0.869. The van der Waals surface area contributed by atoms with Gasteiger partial charge in [-0.3, -0.25) is 0 Å². The number of aromatic nitrogens is 2. The molecule has 0 bridgehead atoms. The van der Waals surface area contributed by atoms with Crippen molar-refractivity contribution in [3.8, 4) is 38.5 Å². The molecule has 10 rings (SSSR count). The van der Waals surface area contributed by atoms with E-state index in [1.165, 1.54) is 49.7 Å². The Kier molecular flexibility index (Phi) is 5.74. The summed E-state index contributed by atoms with van der Waals surface area (Å²) in [7, 11) is 0. The maximum absolute atomic E-state index is 6.28. The maximum atomic E-state index is 6.28. The lowest BCUT2D eigenvalue weighted by Gasteiger charge is -2.08. The van der Waals surface area contributed by atoms with Crippen LogP contribution in [0.1, 0.15) is 0 Å². The van der Waals surface area contributed by atoms with Gasteiger partial charge in [-0.15, -0.1) is 11.3 Å². The van der Waals surface area contributed by atoms with Crippen molar-refractivity contribution in [3.63, 3.8) is 0 Å². The van der Waals surface area contributed by atoms with Crippen molar-refractivity contribution in [2.24, 2.45) is 0 Å². The van der Waals surface area contributed by atoms with Gasteiger partial charge in [-0.25, -0.2) is 4.98 Å². The predicted molar refractivity (Wildman–Crippen MR) is 198 cm³/mol. The highest BCUT2D eigenvalue weighted by atomic mass is 32.1. The van der Waals surface area contributed by atoms with Gasteiger partial charge in [0.2, 0.25) is 0 Å². The first-order valence-electron chi connectivity index (χ1n) is 15.8. The van der Waals surface area contributed by atoms with Gasteiger partial charge in [-0.2, -0.15) is 0 Å². The Morgan fingerprint density at radius 1 is 0.468 bits per heavy atom. The molecule has 0 spiro atoms. The van der Waals surface area contributed by atoms with Gasteiger partial charge in [-0.05, 0) is 76.9 Å². The minimum Gasteiger partial charge on any atom is -0.456 e. The summed E-state index contributed by atoms with van der Waals surface area (Å²) in [6.45, 7) is 0. The van der Waals surface area contributed by atoms with E-state index in [0.717, 1.165) is 42.7 Å². The van der Waals surface area contributed by atoms with Crippen LogP contribution < -0.4 is 0 Å². The lowest BCUT2D eigenvalue weighted by atomic mass is 10.0. The molecule has 3 aromatic heterocycles. The van der Waals surface area contributed by atoms with E-state index in [1.54, 1.807) is 11.3 Å². The van der Waals surface area contributed by atoms with Gasteiger partial charge in [0.05, 0.1) is 26.6 Å². The third-order valence-electron chi connectivity index (χ3n) is 9.25. The highest BCUT2D eigenvalue weighted by Gasteiger charge is 2.17. The van der Waals surface area contributed by atoms with Crippen LogP contribution >= 0.6 is 11.3 Å². The van der Waals surface area contributed by atoms with Crippen LogP contribution in [0, 0.1) is 0 Å². The van der Waals surface area contributed by atoms with Crippen LogP contribution in [0.4, 0.5) is 0 Å². The Hall–Kier alpha value is -5.97. The highest BCUT2D eigenvalue weighted by Crippen LogP contribution is 2.41. The number of furan rings is 1. The molecule has 0 saturated carbocycles. The molecule has 3 nitrogen and oxygen atoms in total. The normalized spacial score (nSPS) is 11.8. The molecule has 7 aromatic carbocycles. The van der Waals surface area contributed by atoms with Gasteiger partial charge < -0.3 is 8.98 Å². The quantitative estimate of drug-likeness (QED) is 0.196. The lowest BCUT2D eigenvalue weighted by Crippen LogP contribution is -1.92. The molecule has 4 heteroatoms. The number of rotatable bonds is 4. The van der Waals surface area contributed by atoms with Gasteiger partial charge in [0.15, 0.2) is 0 Å². The van der Waals surface area contributed by atoms with Gasteiger partial charge in [-0.1, -0.05) is 103 Å². The van der Waals surface area contributed by atoms with Gasteiger partial charge >= 0.3 is 0 Å². The highest BCUT2D eigenvalue weighted by molar-refractivity contribution is 7.21. The molecule has 0 atom stereocenters. The fourth-order valence-corrected chi connectivity index (χ4v) is 7.98. The van der Waals surface area contributed by atoms with E-state index in [-0.39, 0.29) is 0 Å². The molecule has 0 radical (unpaired) electrons. The molecule has 0 saturated heterocycles. The van der Waals surface area contributed by atoms with Gasteiger partial charge in [0.25, 0.3) is 0 Å². The summed E-state index contributed by atoms with van der Waals surface area (Å²) in [5.74, 6) is 0. The number of thiazole rings is 1. The first kappa shape index (κ1) is 26.3. The van der Waals surface area contributed by atoms with Crippen LogP contribution in [0.2, 0.25) is 0 Å². The number of hydrogen-bond donors (Lipinski definition) is 0. The molecular formula is C43H26N2OS. The van der Waals surface area contributed by atoms with Crippen LogP contribution in [0.3, 0.4) is 0 Å². The standard InChI is InChI=1S/C43H26N2OS/c1-3-9-27(10-4-1)31-20-22-38-35(26-31)41-39(46-38)23-24-40-42(41)44-43(47-40)29-17-15-28(16-18-29)30-19-21-37-34(25-30)33-13-7-8-14-36(33)45(37)32-11-5-2-6-12-32/h1-26H. The third-order valence-corrected chi connectivity index (χ3v) is 10.3. The van der Waals surface area contributed by atoms with E-state index in [9.17, 15) is 0 Å². The van der Waals surface area contributed by atoms with Crippen molar-refractivity contribution in [2.45, 2.75) is 0 Å². The molecule has 0 fully saturated rings. The molecule has 3 heterocycles. The molecule has 0 N–H and O–H groups in total. The summed E-state index contributed by atoms with van der Waals surface area (Å²) >= 11 is 1.73. The predicted octanol–water partition coefficient (Wildman–Crippen LogP) is 12.3. The number of hydrogen-bond acceptors (Lipinski definition) is 3. The SMILES string of the molecule is c1ccc(-c2ccc3oc4ccc5sc(-c6ccc(-c7ccc8c(c7)c7ccccc7n8-c7ccccc7)cc6)nc5c4c3c2)cc1. The van der Waals surface area contributed by atoms with Crippen molar-refractivity contribution in [1.82, 2.24) is 9.55 Å². The number of fused-ring (bicyclic) bond motifs is 8. The van der Waals surface area contributed by atoms with Crippen molar-refractivity contribution in [3.05, 3.63) is 158 Å². The second kappa shape index (κ2) is 10.3. The maximum Gasteiger partial charge on any atom is 0.137 e. The first-order chi connectivity index (χ1) is 23.3. The monoisotopic (exact) mass is 618 g/mol. The second-order valence-electron chi connectivity index (χ2n) is 12.0. The fraction of sp³-hybridized carbons (Fsp3) is 0. The molecule has 47 heavy (non-hydrogen) atoms. The van der Waals surface area contributed by atoms with Crippen LogP contribution in [-0.2, 0) is 0 Å². The molecular weight excluding hydrogens is 593 g/mol. The van der Waals surface area contributed by atoms with E-state index in [1.807, 2.05) is 6.07 Å². The Labute approximate surface area is 274 Å². The van der Waals surface area contributed by atoms with Crippen molar-refractivity contribution in [2.75, 3.05) is 0 Å². The van der Waals surface area contributed by atoms with E-state index in [0.29, 0.717) is 0 Å². The van der Waals surface area contributed by atoms with Crippen molar-refractivity contribution >= 4 is 65.3 Å². The smallest absolute Gasteiger partial charge is 0.137 e. The zero-order chi connectivity index (χ0) is 30.9. The molecule has 0 amide bonds. The molecule has 0 aliphatic heterocycles. The van der Waals surface area contributed by atoms with Crippen molar-refractivity contribution in [1.29, 1.82) is 0 Å². The molecule has 0 unspecified atom stereocenters. The average Bonchev–Trinajstić information content (AvgIpc) is 3.83. The number of benzene rings is 7. The molecule has 220 valence electrons. The van der Waals surface area contributed by atoms with Crippen molar-refractivity contribution < 1.29 is 4.42 Å². The summed E-state index contributed by atoms with van der Waals surface area (Å²) in [5.41, 5.74) is 12.2. The van der Waals surface area contributed by atoms with Crippen LogP contribution in [-0.4, -0.2) is 9.55 Å². The van der Waals surface area contributed by atoms with E-state index >= 15 is 0 Å². The second-order valence-corrected chi connectivity index (χ2v) is 13.0. The Morgan fingerprint density at radius 2 is 1.09 bits per heavy atom. The largest absolute Gasteiger partial charge is 0.456 e. The van der Waals surface area contributed by atoms with Crippen LogP contribution in [0.25, 0.3) is 92.5 Å². The molecule has 10 aromatic rings. The lowest BCUT2D eigenvalue weighted by molar-refractivity contribution is 0.669. The van der Waals surface area contributed by atoms with Crippen LogP contribution in [0.5, 0.6) is 0 Å². The van der Waals surface area contributed by atoms with Gasteiger partial charge in [0.1, 0.15) is 16.2 Å². The summed E-state index contributed by atoms with van der Waals surface area (Å²) in [6.07, 6.45) is 0. The average molecular weight is 619 g/mol. The van der Waals surface area contributed by atoms with Crippen LogP contribution in [0.15, 0.2) is 162 Å². The minimum absolute atomic E-state index is 0.869. The van der Waals surface area contributed by atoms with Gasteiger partial charge in [0, 0.05) is 27.4 Å². The van der Waals surface area contributed by atoms with E-state index < -0.39 is 0 Å².